The van der Waals surface area contributed by atoms with Crippen molar-refractivity contribution in [3.05, 3.63) is 35.4 Å². The first-order valence-corrected chi connectivity index (χ1v) is 7.64. The normalized spacial score (nSPS) is 14.6. The van der Waals surface area contributed by atoms with Crippen LogP contribution in [-0.4, -0.2) is 32.8 Å². The van der Waals surface area contributed by atoms with Gasteiger partial charge in [0.1, 0.15) is 11.6 Å². The van der Waals surface area contributed by atoms with Crippen LogP contribution in [0.3, 0.4) is 0 Å². The third-order valence-electron chi connectivity index (χ3n) is 3.71. The van der Waals surface area contributed by atoms with E-state index >= 15 is 0 Å². The summed E-state index contributed by atoms with van der Waals surface area (Å²) in [6, 6.07) is 3.21. The molecule has 1 aromatic rings. The van der Waals surface area contributed by atoms with Crippen molar-refractivity contribution >= 4 is 29.9 Å². The lowest BCUT2D eigenvalue weighted by atomic mass is 9.89. The molecule has 0 amide bonds. The Hall–Kier alpha value is -0.960. The van der Waals surface area contributed by atoms with Crippen LogP contribution in [0.2, 0.25) is 0 Å². The maximum Gasteiger partial charge on any atom is 0.191 e. The van der Waals surface area contributed by atoms with Gasteiger partial charge >= 0.3 is 0 Å². The monoisotopic (exact) mass is 455 g/mol. The summed E-state index contributed by atoms with van der Waals surface area (Å²) in [4.78, 5) is 4.13. The van der Waals surface area contributed by atoms with Gasteiger partial charge in [0.15, 0.2) is 5.96 Å². The molecule has 0 aliphatic carbocycles. The van der Waals surface area contributed by atoms with E-state index in [1.807, 2.05) is 0 Å². The summed E-state index contributed by atoms with van der Waals surface area (Å²) in [5.41, 5.74) is 0.364. The fraction of sp³-hybridized carbons (Fsp3) is 0.588. The second-order valence-corrected chi connectivity index (χ2v) is 6.58. The van der Waals surface area contributed by atoms with Crippen molar-refractivity contribution in [1.82, 2.24) is 10.6 Å². The Balaban J connectivity index is 0.00000529. The first-order chi connectivity index (χ1) is 10.7. The zero-order chi connectivity index (χ0) is 17.6. The lowest BCUT2D eigenvalue weighted by molar-refractivity contribution is 0.0205. The Kier molecular flexibility index (Phi) is 9.72. The molecule has 0 fully saturated rings. The molecule has 0 aromatic heterocycles. The van der Waals surface area contributed by atoms with Crippen LogP contribution in [0, 0.1) is 17.0 Å². The van der Waals surface area contributed by atoms with Crippen molar-refractivity contribution in [2.75, 3.05) is 20.7 Å². The number of halogens is 3. The molecule has 0 bridgehead atoms. The van der Waals surface area contributed by atoms with Gasteiger partial charge in [-0.05, 0) is 18.4 Å². The van der Waals surface area contributed by atoms with Gasteiger partial charge in [-0.25, -0.2) is 8.78 Å². The first kappa shape index (κ1) is 23.0. The summed E-state index contributed by atoms with van der Waals surface area (Å²) in [6.07, 6.45) is -0.00101. The molecule has 0 aliphatic heterocycles. The molecule has 1 rings (SSSR count). The molecule has 0 saturated carbocycles. The fourth-order valence-corrected chi connectivity index (χ4v) is 2.26. The van der Waals surface area contributed by atoms with Crippen LogP contribution in [0.5, 0.6) is 0 Å². The zero-order valence-electron chi connectivity index (χ0n) is 15.1. The van der Waals surface area contributed by atoms with Crippen molar-refractivity contribution < 1.29 is 13.5 Å². The average Bonchev–Trinajstić information content (AvgIpc) is 2.44. The summed E-state index contributed by atoms with van der Waals surface area (Å²) in [5.74, 6) is -0.633. The van der Waals surface area contributed by atoms with E-state index in [9.17, 15) is 8.78 Å². The SMILES string of the molecule is CN=C(NCC(OC)C(C)(C)C)NC(C)c1ccc(F)cc1F.I. The smallest absolute Gasteiger partial charge is 0.191 e. The number of ether oxygens (including phenoxy) is 1. The molecule has 1 aromatic carbocycles. The van der Waals surface area contributed by atoms with E-state index in [1.54, 1.807) is 21.1 Å². The minimum Gasteiger partial charge on any atom is -0.379 e. The van der Waals surface area contributed by atoms with Gasteiger partial charge in [0.25, 0.3) is 0 Å². The molecule has 7 heteroatoms. The number of methoxy groups -OCH3 is 1. The van der Waals surface area contributed by atoms with Crippen molar-refractivity contribution in [1.29, 1.82) is 0 Å². The number of benzene rings is 1. The van der Waals surface area contributed by atoms with E-state index < -0.39 is 11.6 Å². The topological polar surface area (TPSA) is 45.7 Å². The highest BCUT2D eigenvalue weighted by Crippen LogP contribution is 2.21. The van der Waals surface area contributed by atoms with Crippen LogP contribution in [0.4, 0.5) is 8.78 Å². The predicted octanol–water partition coefficient (Wildman–Crippen LogP) is 3.87. The lowest BCUT2D eigenvalue weighted by Gasteiger charge is -2.30. The lowest BCUT2D eigenvalue weighted by Crippen LogP contribution is -2.45. The second-order valence-electron chi connectivity index (χ2n) is 6.58. The second kappa shape index (κ2) is 10.1. The minimum absolute atomic E-state index is 0. The molecule has 138 valence electrons. The minimum atomic E-state index is -0.589. The highest BCUT2D eigenvalue weighted by atomic mass is 127. The molecule has 24 heavy (non-hydrogen) atoms. The van der Waals surface area contributed by atoms with E-state index in [4.69, 9.17) is 4.74 Å². The number of nitrogens with zero attached hydrogens (tertiary/aromatic N) is 1. The van der Waals surface area contributed by atoms with E-state index in [0.717, 1.165) is 6.07 Å². The summed E-state index contributed by atoms with van der Waals surface area (Å²) in [5, 5.41) is 6.27. The van der Waals surface area contributed by atoms with Crippen LogP contribution < -0.4 is 10.6 Å². The summed E-state index contributed by atoms with van der Waals surface area (Å²) < 4.78 is 32.3. The Morgan fingerprint density at radius 2 is 1.92 bits per heavy atom. The summed E-state index contributed by atoms with van der Waals surface area (Å²) >= 11 is 0. The Labute approximate surface area is 160 Å². The number of aliphatic imine (C=N–C) groups is 1. The third kappa shape index (κ3) is 6.88. The molecule has 4 nitrogen and oxygen atoms in total. The number of guanidine groups is 1. The fourth-order valence-electron chi connectivity index (χ4n) is 2.26. The Morgan fingerprint density at radius 1 is 1.29 bits per heavy atom. The summed E-state index contributed by atoms with van der Waals surface area (Å²) in [6.45, 7) is 8.64. The molecule has 0 saturated heterocycles. The Bertz CT molecular complexity index is 547. The molecule has 2 N–H and O–H groups in total. The quantitative estimate of drug-likeness (QED) is 0.403. The molecular formula is C17H28F2IN3O. The number of hydrogen-bond donors (Lipinski definition) is 2. The average molecular weight is 455 g/mol. The number of rotatable bonds is 5. The van der Waals surface area contributed by atoms with Crippen molar-refractivity contribution in [2.45, 2.75) is 39.8 Å². The van der Waals surface area contributed by atoms with E-state index in [0.29, 0.717) is 18.1 Å². The third-order valence-corrected chi connectivity index (χ3v) is 3.71. The molecule has 2 unspecified atom stereocenters. The van der Waals surface area contributed by atoms with Gasteiger partial charge < -0.3 is 15.4 Å². The number of hydrogen-bond acceptors (Lipinski definition) is 2. The van der Waals surface area contributed by atoms with Gasteiger partial charge in [0.05, 0.1) is 12.1 Å². The standard InChI is InChI=1S/C17H27F2N3O.HI/c1-11(13-8-7-12(18)9-14(13)19)22-16(20-5)21-10-15(23-6)17(2,3)4;/h7-9,11,15H,10H2,1-6H3,(H2,20,21,22);1H. The van der Waals surface area contributed by atoms with Gasteiger partial charge in [-0.3, -0.25) is 4.99 Å². The molecule has 2 atom stereocenters. The van der Waals surface area contributed by atoms with Crippen LogP contribution >= 0.6 is 24.0 Å². The maximum atomic E-state index is 13.8. The van der Waals surface area contributed by atoms with Gasteiger partial charge in [-0.1, -0.05) is 26.8 Å². The van der Waals surface area contributed by atoms with Crippen LogP contribution in [0.25, 0.3) is 0 Å². The molecular weight excluding hydrogens is 427 g/mol. The van der Waals surface area contributed by atoms with E-state index in [2.05, 4.69) is 36.4 Å². The van der Waals surface area contributed by atoms with Crippen molar-refractivity contribution in [2.24, 2.45) is 10.4 Å². The largest absolute Gasteiger partial charge is 0.379 e. The molecule has 0 aliphatic rings. The van der Waals surface area contributed by atoms with Crippen LogP contribution in [0.1, 0.15) is 39.3 Å². The van der Waals surface area contributed by atoms with Crippen LogP contribution in [-0.2, 0) is 4.74 Å². The highest BCUT2D eigenvalue weighted by Gasteiger charge is 2.24. The van der Waals surface area contributed by atoms with Crippen LogP contribution in [0.15, 0.2) is 23.2 Å². The highest BCUT2D eigenvalue weighted by molar-refractivity contribution is 14.0. The molecule has 0 heterocycles. The molecule has 0 radical (unpaired) electrons. The zero-order valence-corrected chi connectivity index (χ0v) is 17.4. The Morgan fingerprint density at radius 3 is 2.38 bits per heavy atom. The molecule has 0 spiro atoms. The first-order valence-electron chi connectivity index (χ1n) is 7.64. The maximum absolute atomic E-state index is 13.8. The predicted molar refractivity (Wildman–Crippen MR) is 105 cm³/mol. The summed E-state index contributed by atoms with van der Waals surface area (Å²) in [7, 11) is 3.31. The van der Waals surface area contributed by atoms with E-state index in [1.165, 1.54) is 12.1 Å². The van der Waals surface area contributed by atoms with Crippen molar-refractivity contribution in [3.8, 4) is 0 Å². The van der Waals surface area contributed by atoms with Gasteiger partial charge in [-0.2, -0.15) is 0 Å². The van der Waals surface area contributed by atoms with Gasteiger partial charge in [0.2, 0.25) is 0 Å². The van der Waals surface area contributed by atoms with E-state index in [-0.39, 0.29) is 41.5 Å². The van der Waals surface area contributed by atoms with Gasteiger partial charge in [-0.15, -0.1) is 24.0 Å². The van der Waals surface area contributed by atoms with Crippen molar-refractivity contribution in [3.63, 3.8) is 0 Å². The number of nitrogens with one attached hydrogen (secondary N) is 2. The van der Waals surface area contributed by atoms with Gasteiger partial charge in [0, 0.05) is 32.3 Å².